The van der Waals surface area contributed by atoms with Gasteiger partial charge in [-0.3, -0.25) is 9.59 Å². The van der Waals surface area contributed by atoms with E-state index in [0.717, 1.165) is 16.3 Å². The normalized spacial score (nSPS) is 11.6. The van der Waals surface area contributed by atoms with Gasteiger partial charge in [-0.05, 0) is 40.6 Å². The fourth-order valence-electron chi connectivity index (χ4n) is 3.04. The van der Waals surface area contributed by atoms with Gasteiger partial charge in [0.1, 0.15) is 6.04 Å². The number of carbonyl (C=O) groups is 3. The van der Waals surface area contributed by atoms with Gasteiger partial charge in [0, 0.05) is 24.6 Å². The van der Waals surface area contributed by atoms with Gasteiger partial charge in [-0.15, -0.1) is 0 Å². The molecule has 0 aliphatic rings. The topological polar surface area (TPSA) is 95.5 Å². The zero-order valence-electron chi connectivity index (χ0n) is 15.3. The van der Waals surface area contributed by atoms with Gasteiger partial charge < -0.3 is 15.7 Å². The van der Waals surface area contributed by atoms with Gasteiger partial charge in [0.05, 0.1) is 0 Å². The third-order valence-corrected chi connectivity index (χ3v) is 4.37. The van der Waals surface area contributed by atoms with Crippen LogP contribution < -0.4 is 10.6 Å². The van der Waals surface area contributed by atoms with Gasteiger partial charge in [-0.25, -0.2) is 4.79 Å². The second-order valence-electron chi connectivity index (χ2n) is 6.47. The first-order valence-electron chi connectivity index (χ1n) is 8.82. The molecule has 1 atom stereocenters. The lowest BCUT2D eigenvalue weighted by molar-refractivity contribution is -0.139. The third kappa shape index (κ3) is 4.54. The summed E-state index contributed by atoms with van der Waals surface area (Å²) in [6, 6.07) is 18.6. The Bertz CT molecular complexity index is 1020. The predicted octanol–water partition coefficient (Wildman–Crippen LogP) is 3.22. The van der Waals surface area contributed by atoms with E-state index in [9.17, 15) is 19.5 Å². The lowest BCUT2D eigenvalue weighted by atomic mass is 9.98. The van der Waals surface area contributed by atoms with Crippen LogP contribution in [0.25, 0.3) is 10.8 Å². The van der Waals surface area contributed by atoms with Crippen LogP contribution in [0, 0.1) is 0 Å². The maximum Gasteiger partial charge on any atom is 0.326 e. The Morgan fingerprint density at radius 1 is 0.929 bits per heavy atom. The van der Waals surface area contributed by atoms with Gasteiger partial charge >= 0.3 is 5.97 Å². The molecule has 0 aromatic heterocycles. The average molecular weight is 376 g/mol. The fourth-order valence-corrected chi connectivity index (χ4v) is 3.04. The summed E-state index contributed by atoms with van der Waals surface area (Å²) in [5, 5.41) is 16.8. The molecular weight excluding hydrogens is 356 g/mol. The third-order valence-electron chi connectivity index (χ3n) is 4.37. The number of hydrogen-bond acceptors (Lipinski definition) is 3. The van der Waals surface area contributed by atoms with E-state index in [1.165, 1.54) is 19.1 Å². The van der Waals surface area contributed by atoms with Gasteiger partial charge in [-0.1, -0.05) is 42.5 Å². The molecule has 0 fully saturated rings. The molecule has 3 aromatic rings. The number of carbonyl (C=O) groups excluding carboxylic acids is 2. The zero-order chi connectivity index (χ0) is 20.1. The molecule has 3 aromatic carbocycles. The number of anilines is 1. The number of rotatable bonds is 6. The van der Waals surface area contributed by atoms with E-state index in [1.807, 2.05) is 42.5 Å². The van der Waals surface area contributed by atoms with E-state index >= 15 is 0 Å². The summed E-state index contributed by atoms with van der Waals surface area (Å²) in [6.07, 6.45) is 0.173. The highest BCUT2D eigenvalue weighted by Crippen LogP contribution is 2.20. The first-order valence-corrected chi connectivity index (χ1v) is 8.82. The molecular formula is C22H20N2O4. The molecule has 6 nitrogen and oxygen atoms in total. The molecule has 28 heavy (non-hydrogen) atoms. The number of fused-ring (bicyclic) bond motifs is 1. The second-order valence-corrected chi connectivity index (χ2v) is 6.47. The van der Waals surface area contributed by atoms with Crippen LogP contribution >= 0.6 is 0 Å². The van der Waals surface area contributed by atoms with E-state index in [2.05, 4.69) is 10.6 Å². The van der Waals surface area contributed by atoms with Crippen molar-refractivity contribution in [1.82, 2.24) is 5.32 Å². The smallest absolute Gasteiger partial charge is 0.326 e. The van der Waals surface area contributed by atoms with Gasteiger partial charge in [-0.2, -0.15) is 0 Å². The maximum atomic E-state index is 12.5. The fraction of sp³-hybridized carbons (Fsp3) is 0.136. The quantitative estimate of drug-likeness (QED) is 0.615. The van der Waals surface area contributed by atoms with Gasteiger partial charge in [0.15, 0.2) is 0 Å². The summed E-state index contributed by atoms with van der Waals surface area (Å²) in [5.74, 6) is -1.80. The molecule has 0 aliphatic heterocycles. The highest BCUT2D eigenvalue weighted by atomic mass is 16.4. The number of amides is 2. The van der Waals surface area contributed by atoms with E-state index in [0.29, 0.717) is 11.3 Å². The molecule has 3 rings (SSSR count). The SMILES string of the molecule is CC(=O)Nc1ccc(C(=O)N[C@H](Cc2cccc3ccccc23)C(=O)O)cc1. The molecule has 0 radical (unpaired) electrons. The Balaban J connectivity index is 1.76. The highest BCUT2D eigenvalue weighted by Gasteiger charge is 2.22. The standard InChI is InChI=1S/C22H20N2O4/c1-14(25)23-18-11-9-16(10-12-18)21(26)24-20(22(27)28)13-17-7-4-6-15-5-2-3-8-19(15)17/h2-12,20H,13H2,1H3,(H,23,25)(H,24,26)(H,27,28)/t20-/m1/s1. The minimum absolute atomic E-state index is 0.173. The zero-order valence-corrected chi connectivity index (χ0v) is 15.3. The Hall–Kier alpha value is -3.67. The molecule has 142 valence electrons. The summed E-state index contributed by atoms with van der Waals surface area (Å²) >= 11 is 0. The maximum absolute atomic E-state index is 12.5. The first kappa shape index (κ1) is 19.1. The van der Waals surface area contributed by atoms with E-state index in [-0.39, 0.29) is 12.3 Å². The lowest BCUT2D eigenvalue weighted by Gasteiger charge is -2.16. The van der Waals surface area contributed by atoms with Crippen molar-refractivity contribution >= 4 is 34.2 Å². The average Bonchev–Trinajstić information content (AvgIpc) is 2.67. The highest BCUT2D eigenvalue weighted by molar-refractivity contribution is 5.97. The van der Waals surface area contributed by atoms with Crippen molar-refractivity contribution in [3.8, 4) is 0 Å². The van der Waals surface area contributed by atoms with Gasteiger partial charge in [0.2, 0.25) is 5.91 Å². The van der Waals surface area contributed by atoms with Crippen LogP contribution in [0.2, 0.25) is 0 Å². The summed E-state index contributed by atoms with van der Waals surface area (Å²) in [6.45, 7) is 1.39. The molecule has 6 heteroatoms. The van der Waals surface area contributed by atoms with Crippen LogP contribution in [0.3, 0.4) is 0 Å². The van der Waals surface area contributed by atoms with Crippen molar-refractivity contribution in [2.75, 3.05) is 5.32 Å². The summed E-state index contributed by atoms with van der Waals surface area (Å²) < 4.78 is 0. The van der Waals surface area contributed by atoms with Crippen LogP contribution in [-0.4, -0.2) is 28.9 Å². The summed E-state index contributed by atoms with van der Waals surface area (Å²) in [4.78, 5) is 35.3. The van der Waals surface area contributed by atoms with Crippen LogP contribution in [0.1, 0.15) is 22.8 Å². The number of carboxylic acid groups (broad SMARTS) is 1. The summed E-state index contributed by atoms with van der Waals surface area (Å²) in [5.41, 5.74) is 1.74. The Labute approximate surface area is 162 Å². The predicted molar refractivity (Wildman–Crippen MR) is 107 cm³/mol. The molecule has 0 bridgehead atoms. The second kappa shape index (κ2) is 8.35. The van der Waals surface area contributed by atoms with Crippen molar-refractivity contribution in [3.63, 3.8) is 0 Å². The lowest BCUT2D eigenvalue weighted by Crippen LogP contribution is -2.42. The largest absolute Gasteiger partial charge is 0.480 e. The molecule has 0 heterocycles. The van der Waals surface area contributed by atoms with Crippen molar-refractivity contribution in [2.24, 2.45) is 0 Å². The molecule has 0 saturated heterocycles. The Kier molecular flexibility index (Phi) is 5.69. The van der Waals surface area contributed by atoms with E-state index < -0.39 is 17.9 Å². The number of benzene rings is 3. The molecule has 0 spiro atoms. The van der Waals surface area contributed by atoms with Crippen molar-refractivity contribution in [3.05, 3.63) is 77.9 Å². The Morgan fingerprint density at radius 3 is 2.29 bits per heavy atom. The van der Waals surface area contributed by atoms with Gasteiger partial charge in [0.25, 0.3) is 5.91 Å². The molecule has 0 saturated carbocycles. The number of aliphatic carboxylic acids is 1. The van der Waals surface area contributed by atoms with Crippen molar-refractivity contribution in [1.29, 1.82) is 0 Å². The number of nitrogens with one attached hydrogen (secondary N) is 2. The number of hydrogen-bond donors (Lipinski definition) is 3. The molecule has 2 amide bonds. The summed E-state index contributed by atoms with van der Waals surface area (Å²) in [7, 11) is 0. The first-order chi connectivity index (χ1) is 13.4. The van der Waals surface area contributed by atoms with Crippen LogP contribution in [0.5, 0.6) is 0 Å². The molecule has 0 unspecified atom stereocenters. The molecule has 0 aliphatic carbocycles. The van der Waals surface area contributed by atoms with Crippen molar-refractivity contribution < 1.29 is 19.5 Å². The van der Waals surface area contributed by atoms with Crippen LogP contribution in [-0.2, 0) is 16.0 Å². The minimum Gasteiger partial charge on any atom is -0.480 e. The van der Waals surface area contributed by atoms with Crippen LogP contribution in [0.4, 0.5) is 5.69 Å². The molecule has 3 N–H and O–H groups in total. The van der Waals surface area contributed by atoms with Crippen LogP contribution in [0.15, 0.2) is 66.7 Å². The van der Waals surface area contributed by atoms with E-state index in [1.54, 1.807) is 12.1 Å². The van der Waals surface area contributed by atoms with E-state index in [4.69, 9.17) is 0 Å². The monoisotopic (exact) mass is 376 g/mol. The minimum atomic E-state index is -1.10. The number of carboxylic acids is 1. The Morgan fingerprint density at radius 2 is 1.61 bits per heavy atom. The van der Waals surface area contributed by atoms with Crippen molar-refractivity contribution in [2.45, 2.75) is 19.4 Å².